The molecule has 44 heavy (non-hydrogen) atoms. The lowest BCUT2D eigenvalue weighted by Gasteiger charge is -2.37. The van der Waals surface area contributed by atoms with Crippen LogP contribution >= 0.6 is 0 Å². The maximum Gasteiger partial charge on any atom is 0.328 e. The van der Waals surface area contributed by atoms with Crippen molar-refractivity contribution in [2.75, 3.05) is 33.4 Å². The number of methoxy groups -OCH3 is 1. The first-order valence-corrected chi connectivity index (χ1v) is 16.9. The molecule has 2 saturated heterocycles. The van der Waals surface area contributed by atoms with Crippen molar-refractivity contribution in [3.05, 3.63) is 47.5 Å². The molecule has 1 aromatic heterocycles. The number of carbonyl (C=O) groups is 1. The van der Waals surface area contributed by atoms with Gasteiger partial charge in [0, 0.05) is 37.6 Å². The van der Waals surface area contributed by atoms with Crippen molar-refractivity contribution in [2.24, 2.45) is 0 Å². The van der Waals surface area contributed by atoms with Crippen LogP contribution in [0.2, 0.25) is 0 Å². The number of nitrogens with zero attached hydrogens (tertiary/aromatic N) is 2. The Labute approximate surface area is 261 Å². The third kappa shape index (κ3) is 6.67. The van der Waals surface area contributed by atoms with Crippen molar-refractivity contribution in [3.63, 3.8) is 0 Å². The number of sulfonamides is 1. The first kappa shape index (κ1) is 32.8. The van der Waals surface area contributed by atoms with Gasteiger partial charge in [-0.25, -0.2) is 17.7 Å². The Morgan fingerprint density at radius 3 is 2.30 bits per heavy atom. The summed E-state index contributed by atoms with van der Waals surface area (Å²) in [5.41, 5.74) is 3.88. The number of piperidine rings is 1. The van der Waals surface area contributed by atoms with E-state index in [1.165, 1.54) is 11.4 Å². The van der Waals surface area contributed by atoms with Crippen LogP contribution in [0.3, 0.4) is 0 Å². The minimum absolute atomic E-state index is 0.0294. The number of hydrogen-bond donors (Lipinski definition) is 0. The molecule has 3 fully saturated rings. The van der Waals surface area contributed by atoms with Crippen molar-refractivity contribution in [1.29, 1.82) is 0 Å². The van der Waals surface area contributed by atoms with E-state index in [4.69, 9.17) is 28.7 Å². The Morgan fingerprint density at radius 1 is 1.05 bits per heavy atom. The maximum atomic E-state index is 14.0. The smallest absolute Gasteiger partial charge is 0.328 e. The van der Waals surface area contributed by atoms with Crippen molar-refractivity contribution in [1.82, 2.24) is 9.29 Å². The fourth-order valence-electron chi connectivity index (χ4n) is 6.70. The molecule has 10 nitrogen and oxygen atoms in total. The molecule has 0 amide bonds. The highest BCUT2D eigenvalue weighted by Crippen LogP contribution is 2.48. The summed E-state index contributed by atoms with van der Waals surface area (Å²) in [6, 6.07) is 12.1. The van der Waals surface area contributed by atoms with Gasteiger partial charge in [-0.15, -0.1) is 0 Å². The summed E-state index contributed by atoms with van der Waals surface area (Å²) in [6.07, 6.45) is 0.425. The summed E-state index contributed by atoms with van der Waals surface area (Å²) < 4.78 is 56.3. The molecule has 3 heterocycles. The van der Waals surface area contributed by atoms with Crippen LogP contribution in [0.25, 0.3) is 11.3 Å². The Bertz CT molecular complexity index is 1440. The third-order valence-corrected chi connectivity index (χ3v) is 11.3. The summed E-state index contributed by atoms with van der Waals surface area (Å²) in [7, 11) is -2.78. The monoisotopic (exact) mass is 630 g/mol. The van der Waals surface area contributed by atoms with Crippen LogP contribution in [-0.4, -0.2) is 85.4 Å². The molecule has 0 unspecified atom stereocenters. The number of aryl methyl sites for hydroxylation is 1. The molecule has 2 aliphatic heterocycles. The first-order chi connectivity index (χ1) is 20.6. The standard InChI is InChI=1S/C33H46N2O8S/c1-22-19-24(11-12-25(22)26-9-8-10-29(34-26)40-17-18-41-31(2,3)4)23-13-15-35(16-14-23)44(37,38)33(30(36)39-7)20-27-28(21-33)43-32(5,6)42-27/h8-12,19,23,27-28H,13-18,20-21H2,1-7H3/t27-,28+,33+. The molecule has 1 saturated carbocycles. The Morgan fingerprint density at radius 2 is 1.70 bits per heavy atom. The zero-order valence-electron chi connectivity index (χ0n) is 26.9. The highest BCUT2D eigenvalue weighted by Gasteiger charge is 2.65. The number of aromatic nitrogens is 1. The van der Waals surface area contributed by atoms with Crippen LogP contribution < -0.4 is 4.74 Å². The lowest BCUT2D eigenvalue weighted by Crippen LogP contribution is -2.55. The highest BCUT2D eigenvalue weighted by molar-refractivity contribution is 7.91. The zero-order chi connectivity index (χ0) is 31.9. The SMILES string of the molecule is COC(=O)[C@@]1(S(=O)(=O)N2CCC(c3ccc(-c4cccc(OCCOC(C)(C)C)n4)c(C)c3)CC2)C[C@@H]2OC(C)(C)O[C@@H]2C1. The molecule has 11 heteroatoms. The van der Waals surface area contributed by atoms with Gasteiger partial charge >= 0.3 is 5.97 Å². The fourth-order valence-corrected chi connectivity index (χ4v) is 8.93. The van der Waals surface area contributed by atoms with Gasteiger partial charge in [0.25, 0.3) is 0 Å². The van der Waals surface area contributed by atoms with E-state index >= 15 is 0 Å². The molecular weight excluding hydrogens is 584 g/mol. The lowest BCUT2D eigenvalue weighted by molar-refractivity contribution is -0.160. The van der Waals surface area contributed by atoms with Gasteiger partial charge in [0.05, 0.1) is 37.2 Å². The summed E-state index contributed by atoms with van der Waals surface area (Å²) in [5, 5.41) is 0. The number of hydrogen-bond acceptors (Lipinski definition) is 9. The van der Waals surface area contributed by atoms with Gasteiger partial charge in [-0.1, -0.05) is 24.3 Å². The van der Waals surface area contributed by atoms with E-state index in [1.54, 1.807) is 13.8 Å². The van der Waals surface area contributed by atoms with Crippen LogP contribution in [-0.2, 0) is 33.8 Å². The molecule has 2 aromatic rings. The number of pyridine rings is 1. The number of rotatable bonds is 9. The Kier molecular flexibility index (Phi) is 9.19. The topological polar surface area (TPSA) is 113 Å². The lowest BCUT2D eigenvalue weighted by atomic mass is 9.88. The second-order valence-corrected chi connectivity index (χ2v) is 15.8. The summed E-state index contributed by atoms with van der Waals surface area (Å²) in [6.45, 7) is 13.2. The normalized spacial score (nSPS) is 26.0. The number of fused-ring (bicyclic) bond motifs is 1. The van der Waals surface area contributed by atoms with E-state index in [0.717, 1.165) is 22.4 Å². The predicted molar refractivity (Wildman–Crippen MR) is 166 cm³/mol. The van der Waals surface area contributed by atoms with Gasteiger partial charge in [-0.3, -0.25) is 4.79 Å². The van der Waals surface area contributed by atoms with E-state index in [0.29, 0.717) is 45.0 Å². The second-order valence-electron chi connectivity index (χ2n) is 13.5. The largest absolute Gasteiger partial charge is 0.475 e. The minimum Gasteiger partial charge on any atom is -0.475 e. The van der Waals surface area contributed by atoms with Crippen molar-refractivity contribution in [3.8, 4) is 17.1 Å². The van der Waals surface area contributed by atoms with Gasteiger partial charge in [0.1, 0.15) is 6.61 Å². The van der Waals surface area contributed by atoms with E-state index in [1.807, 2.05) is 39.0 Å². The molecule has 3 atom stereocenters. The van der Waals surface area contributed by atoms with Crippen molar-refractivity contribution in [2.45, 2.75) is 101 Å². The fraction of sp³-hybridized carbons (Fsp3) is 0.636. The van der Waals surface area contributed by atoms with Crippen LogP contribution in [0.4, 0.5) is 0 Å². The van der Waals surface area contributed by atoms with E-state index in [9.17, 15) is 13.2 Å². The van der Waals surface area contributed by atoms with Gasteiger partial charge in [-0.2, -0.15) is 0 Å². The zero-order valence-corrected chi connectivity index (χ0v) is 27.7. The third-order valence-electron chi connectivity index (χ3n) is 8.78. The molecular formula is C33H46N2O8S. The molecule has 5 rings (SSSR count). The quantitative estimate of drug-likeness (QED) is 0.279. The predicted octanol–water partition coefficient (Wildman–Crippen LogP) is 4.99. The summed E-state index contributed by atoms with van der Waals surface area (Å²) >= 11 is 0. The molecule has 3 aliphatic rings. The van der Waals surface area contributed by atoms with Gasteiger partial charge in [0.15, 0.2) is 10.5 Å². The Balaban J connectivity index is 1.24. The molecule has 1 aliphatic carbocycles. The summed E-state index contributed by atoms with van der Waals surface area (Å²) in [4.78, 5) is 17.8. The van der Waals surface area contributed by atoms with Gasteiger partial charge < -0.3 is 23.7 Å². The number of ether oxygens (including phenoxy) is 5. The molecule has 0 radical (unpaired) electrons. The number of esters is 1. The molecule has 0 spiro atoms. The average molecular weight is 631 g/mol. The number of benzene rings is 1. The number of carbonyl (C=O) groups excluding carboxylic acids is 1. The minimum atomic E-state index is -4.02. The highest BCUT2D eigenvalue weighted by atomic mass is 32.2. The van der Waals surface area contributed by atoms with E-state index < -0.39 is 38.7 Å². The van der Waals surface area contributed by atoms with E-state index in [2.05, 4.69) is 25.1 Å². The second kappa shape index (κ2) is 12.3. The molecule has 0 N–H and O–H groups in total. The van der Waals surface area contributed by atoms with Gasteiger partial charge in [-0.05, 0) is 77.5 Å². The van der Waals surface area contributed by atoms with Crippen molar-refractivity contribution >= 4 is 16.0 Å². The maximum absolute atomic E-state index is 14.0. The van der Waals surface area contributed by atoms with Gasteiger partial charge in [0.2, 0.25) is 15.9 Å². The van der Waals surface area contributed by atoms with Crippen LogP contribution in [0.1, 0.15) is 77.3 Å². The molecule has 0 bridgehead atoms. The average Bonchev–Trinajstić information content (AvgIpc) is 3.46. The Hall–Kier alpha value is -2.57. The van der Waals surface area contributed by atoms with E-state index in [-0.39, 0.29) is 24.4 Å². The molecule has 1 aromatic carbocycles. The molecule has 242 valence electrons. The first-order valence-electron chi connectivity index (χ1n) is 15.4. The van der Waals surface area contributed by atoms with Crippen molar-refractivity contribution < 1.29 is 36.9 Å². The van der Waals surface area contributed by atoms with Crippen LogP contribution in [0.5, 0.6) is 5.88 Å². The van der Waals surface area contributed by atoms with Crippen LogP contribution in [0, 0.1) is 6.92 Å². The summed E-state index contributed by atoms with van der Waals surface area (Å²) in [5.74, 6) is -0.799. The van der Waals surface area contributed by atoms with Crippen LogP contribution in [0.15, 0.2) is 36.4 Å².